The number of aryl methyl sites for hydroxylation is 1. The third-order valence-electron chi connectivity index (χ3n) is 3.38. The van der Waals surface area contributed by atoms with Gasteiger partial charge in [0.05, 0.1) is 18.4 Å². The van der Waals surface area contributed by atoms with Gasteiger partial charge in [-0.1, -0.05) is 35.0 Å². The lowest BCUT2D eigenvalue weighted by Gasteiger charge is -2.19. The van der Waals surface area contributed by atoms with Crippen molar-refractivity contribution in [3.8, 4) is 0 Å². The smallest absolute Gasteiger partial charge is 0.0853 e. The number of hydrogen-bond acceptors (Lipinski definition) is 4. The second-order valence-electron chi connectivity index (χ2n) is 4.66. The molecule has 2 atom stereocenters. The number of rotatable bonds is 2. The van der Waals surface area contributed by atoms with Gasteiger partial charge in [-0.3, -0.25) is 4.90 Å². The van der Waals surface area contributed by atoms with Gasteiger partial charge in [0.25, 0.3) is 0 Å². The summed E-state index contributed by atoms with van der Waals surface area (Å²) in [6.45, 7) is 2.78. The summed E-state index contributed by atoms with van der Waals surface area (Å²) in [5.41, 5.74) is 2.95. The maximum atomic E-state index is 9.28. The maximum Gasteiger partial charge on any atom is 0.0853 e. The fourth-order valence-corrected chi connectivity index (χ4v) is 2.46. The summed E-state index contributed by atoms with van der Waals surface area (Å²) in [7, 11) is 1.98. The summed E-state index contributed by atoms with van der Waals surface area (Å²) in [6.07, 6.45) is 0. The number of aliphatic hydroxyl groups is 1. The van der Waals surface area contributed by atoms with Crippen LogP contribution in [-0.4, -0.2) is 41.1 Å². The van der Waals surface area contributed by atoms with E-state index in [0.29, 0.717) is 12.3 Å². The number of nitrogens with zero attached hydrogens (tertiary/aromatic N) is 2. The van der Waals surface area contributed by atoms with Gasteiger partial charge in [-0.25, -0.2) is 0 Å². The second-order valence-corrected chi connectivity index (χ2v) is 4.66. The Morgan fingerprint density at radius 2 is 2.00 bits per heavy atom. The zero-order valence-electron chi connectivity index (χ0n) is 10.2. The molecule has 0 radical (unpaired) electrons. The van der Waals surface area contributed by atoms with Crippen LogP contribution < -0.4 is 0 Å². The molecule has 0 aliphatic carbocycles. The first-order chi connectivity index (χ1) is 8.17. The molecule has 2 N–H and O–H groups in total. The van der Waals surface area contributed by atoms with Crippen LogP contribution in [0.25, 0.3) is 0 Å². The standard InChI is InChI=1S/C13H18N2O2/c1-9-3-5-10(6-4-9)13-12(14-17)11(8-16)7-15(13)2/h3-6,11,13,16-17H,7-8H2,1-2H3/b14-12+/t11-,13-/m0/s1. The zero-order valence-corrected chi connectivity index (χ0v) is 10.2. The molecular formula is C13H18N2O2. The second kappa shape index (κ2) is 4.85. The van der Waals surface area contributed by atoms with Crippen LogP contribution in [0.5, 0.6) is 0 Å². The van der Waals surface area contributed by atoms with Crippen molar-refractivity contribution >= 4 is 5.71 Å². The Hall–Kier alpha value is -1.39. The van der Waals surface area contributed by atoms with E-state index in [1.165, 1.54) is 5.56 Å². The Labute approximate surface area is 101 Å². The normalized spacial score (nSPS) is 27.8. The average Bonchev–Trinajstić information content (AvgIpc) is 2.66. The van der Waals surface area contributed by atoms with Gasteiger partial charge in [-0.15, -0.1) is 0 Å². The Morgan fingerprint density at radius 3 is 2.53 bits per heavy atom. The van der Waals surface area contributed by atoms with Crippen LogP contribution in [0.2, 0.25) is 0 Å². The first-order valence-corrected chi connectivity index (χ1v) is 5.77. The molecule has 4 heteroatoms. The summed E-state index contributed by atoms with van der Waals surface area (Å²) in [5.74, 6) is -0.0729. The molecule has 1 aromatic carbocycles. The van der Waals surface area contributed by atoms with Crippen LogP contribution in [0.3, 0.4) is 0 Å². The van der Waals surface area contributed by atoms with E-state index >= 15 is 0 Å². The molecule has 1 heterocycles. The highest BCUT2D eigenvalue weighted by Gasteiger charge is 2.37. The van der Waals surface area contributed by atoms with Crippen molar-refractivity contribution in [2.45, 2.75) is 13.0 Å². The molecule has 2 rings (SSSR count). The van der Waals surface area contributed by atoms with Crippen LogP contribution in [0.1, 0.15) is 17.2 Å². The lowest BCUT2D eigenvalue weighted by atomic mass is 9.97. The lowest BCUT2D eigenvalue weighted by molar-refractivity contribution is 0.237. The number of hydrogen-bond donors (Lipinski definition) is 2. The molecule has 92 valence electrons. The Morgan fingerprint density at radius 1 is 1.35 bits per heavy atom. The SMILES string of the molecule is Cc1ccc([C@H]2/C(=N/O)[C@H](CO)CN2C)cc1. The summed E-state index contributed by atoms with van der Waals surface area (Å²) < 4.78 is 0. The third kappa shape index (κ3) is 2.18. The Balaban J connectivity index is 2.33. The molecule has 17 heavy (non-hydrogen) atoms. The van der Waals surface area contributed by atoms with Gasteiger partial charge in [-0.2, -0.15) is 0 Å². The average molecular weight is 234 g/mol. The molecule has 0 bridgehead atoms. The van der Waals surface area contributed by atoms with E-state index in [0.717, 1.165) is 5.56 Å². The van der Waals surface area contributed by atoms with Crippen molar-refractivity contribution in [3.63, 3.8) is 0 Å². The van der Waals surface area contributed by atoms with Crippen LogP contribution in [0, 0.1) is 12.8 Å². The van der Waals surface area contributed by atoms with Gasteiger partial charge in [0.1, 0.15) is 0 Å². The van der Waals surface area contributed by atoms with E-state index < -0.39 is 0 Å². The summed E-state index contributed by atoms with van der Waals surface area (Å²) in [6, 6.07) is 8.15. The molecular weight excluding hydrogens is 216 g/mol. The Bertz CT molecular complexity index is 414. The van der Waals surface area contributed by atoms with Gasteiger partial charge in [0, 0.05) is 12.5 Å². The predicted molar refractivity (Wildman–Crippen MR) is 66.3 cm³/mol. The fourth-order valence-electron chi connectivity index (χ4n) is 2.46. The van der Waals surface area contributed by atoms with E-state index in [-0.39, 0.29) is 18.6 Å². The van der Waals surface area contributed by atoms with Crippen molar-refractivity contribution in [1.82, 2.24) is 4.90 Å². The van der Waals surface area contributed by atoms with Crippen LogP contribution in [-0.2, 0) is 0 Å². The van der Waals surface area contributed by atoms with Crippen LogP contribution >= 0.6 is 0 Å². The molecule has 0 amide bonds. The van der Waals surface area contributed by atoms with Crippen molar-refractivity contribution in [1.29, 1.82) is 0 Å². The first-order valence-electron chi connectivity index (χ1n) is 5.77. The van der Waals surface area contributed by atoms with E-state index in [4.69, 9.17) is 5.21 Å². The molecule has 4 nitrogen and oxygen atoms in total. The van der Waals surface area contributed by atoms with E-state index in [2.05, 4.69) is 10.1 Å². The quantitative estimate of drug-likeness (QED) is 0.601. The Kier molecular flexibility index (Phi) is 3.45. The molecule has 0 spiro atoms. The summed E-state index contributed by atoms with van der Waals surface area (Å²) in [4.78, 5) is 2.10. The highest BCUT2D eigenvalue weighted by Crippen LogP contribution is 2.31. The minimum absolute atomic E-state index is 0.0199. The first kappa shape index (κ1) is 12.1. The molecule has 1 aliphatic heterocycles. The molecule has 0 saturated carbocycles. The molecule has 1 fully saturated rings. The predicted octanol–water partition coefficient (Wildman–Crippen LogP) is 1.42. The topological polar surface area (TPSA) is 56.1 Å². The van der Waals surface area contributed by atoms with Gasteiger partial charge in [0.15, 0.2) is 0 Å². The monoisotopic (exact) mass is 234 g/mol. The highest BCUT2D eigenvalue weighted by molar-refractivity contribution is 5.94. The number of likely N-dealkylation sites (tertiary alicyclic amines) is 1. The molecule has 1 aliphatic rings. The van der Waals surface area contributed by atoms with Crippen molar-refractivity contribution in [3.05, 3.63) is 35.4 Å². The molecule has 0 aromatic heterocycles. The van der Waals surface area contributed by atoms with Crippen LogP contribution in [0.4, 0.5) is 0 Å². The van der Waals surface area contributed by atoms with E-state index in [1.807, 2.05) is 38.2 Å². The van der Waals surface area contributed by atoms with Gasteiger partial charge in [-0.05, 0) is 19.5 Å². The van der Waals surface area contributed by atoms with Gasteiger partial charge in [0.2, 0.25) is 0 Å². The minimum Gasteiger partial charge on any atom is -0.411 e. The summed E-state index contributed by atoms with van der Waals surface area (Å²) in [5, 5.41) is 21.8. The number of oxime groups is 1. The van der Waals surface area contributed by atoms with Gasteiger partial charge < -0.3 is 10.3 Å². The van der Waals surface area contributed by atoms with Crippen molar-refractivity contribution in [2.24, 2.45) is 11.1 Å². The van der Waals surface area contributed by atoms with Crippen LogP contribution in [0.15, 0.2) is 29.4 Å². The molecule has 0 unspecified atom stereocenters. The number of aliphatic hydroxyl groups excluding tert-OH is 1. The van der Waals surface area contributed by atoms with Crippen molar-refractivity contribution < 1.29 is 10.3 Å². The maximum absolute atomic E-state index is 9.28. The van der Waals surface area contributed by atoms with E-state index in [9.17, 15) is 5.11 Å². The van der Waals surface area contributed by atoms with Crippen molar-refractivity contribution in [2.75, 3.05) is 20.2 Å². The number of benzene rings is 1. The lowest BCUT2D eigenvalue weighted by Crippen LogP contribution is -2.21. The van der Waals surface area contributed by atoms with Gasteiger partial charge >= 0.3 is 0 Å². The molecule has 1 aromatic rings. The highest BCUT2D eigenvalue weighted by atomic mass is 16.4. The van der Waals surface area contributed by atoms with E-state index in [1.54, 1.807) is 0 Å². The minimum atomic E-state index is -0.0729. The largest absolute Gasteiger partial charge is 0.411 e. The third-order valence-corrected chi connectivity index (χ3v) is 3.38. The summed E-state index contributed by atoms with van der Waals surface area (Å²) >= 11 is 0. The fraction of sp³-hybridized carbons (Fsp3) is 0.462. The molecule has 1 saturated heterocycles. The zero-order chi connectivity index (χ0) is 12.4.